The Morgan fingerprint density at radius 1 is 1.19 bits per heavy atom. The van der Waals surface area contributed by atoms with Gasteiger partial charge in [0.2, 0.25) is 11.8 Å². The molecule has 190 valence electrons. The van der Waals surface area contributed by atoms with Crippen molar-refractivity contribution < 1.29 is 14.3 Å². The van der Waals surface area contributed by atoms with Gasteiger partial charge >= 0.3 is 0 Å². The van der Waals surface area contributed by atoms with Gasteiger partial charge in [0, 0.05) is 39.2 Å². The van der Waals surface area contributed by atoms with Crippen LogP contribution in [0.3, 0.4) is 0 Å². The molecule has 4 rings (SSSR count). The van der Waals surface area contributed by atoms with Crippen LogP contribution in [0, 0.1) is 11.3 Å². The van der Waals surface area contributed by atoms with Crippen molar-refractivity contribution in [3.63, 3.8) is 0 Å². The summed E-state index contributed by atoms with van der Waals surface area (Å²) in [6.45, 7) is 7.36. The molecule has 7 heteroatoms. The van der Waals surface area contributed by atoms with Crippen LogP contribution in [0.1, 0.15) is 60.5 Å². The number of rotatable bonds is 8. The van der Waals surface area contributed by atoms with E-state index in [1.165, 1.54) is 11.1 Å². The normalized spacial score (nSPS) is 17.6. The zero-order chi connectivity index (χ0) is 25.7. The maximum Gasteiger partial charge on any atom is 0.222 e. The Morgan fingerprint density at radius 2 is 1.97 bits per heavy atom. The van der Waals surface area contributed by atoms with Crippen LogP contribution in [0.5, 0.6) is 5.75 Å². The molecule has 0 saturated heterocycles. The average Bonchev–Trinajstić information content (AvgIpc) is 3.26. The topological polar surface area (TPSA) is 78.2 Å². The number of nitriles is 1. The second kappa shape index (κ2) is 11.6. The summed E-state index contributed by atoms with van der Waals surface area (Å²) in [5.74, 6) is 1.34. The number of benzene rings is 2. The number of fused-ring (bicyclic) bond motifs is 1. The van der Waals surface area contributed by atoms with E-state index in [4.69, 9.17) is 14.5 Å². The zero-order valence-electron chi connectivity index (χ0n) is 21.8. The molecule has 2 aromatic carbocycles. The largest absolute Gasteiger partial charge is 0.490 e. The molecule has 1 atom stereocenters. The summed E-state index contributed by atoms with van der Waals surface area (Å²) in [6, 6.07) is 14.4. The number of ether oxygens (including phenoxy) is 2. The highest BCUT2D eigenvalue weighted by Gasteiger charge is 2.24. The number of aliphatic imine (C=N–C) groups is 1. The van der Waals surface area contributed by atoms with Crippen molar-refractivity contribution in [3.8, 4) is 11.8 Å². The fourth-order valence-corrected chi connectivity index (χ4v) is 4.71. The molecule has 36 heavy (non-hydrogen) atoms. The summed E-state index contributed by atoms with van der Waals surface area (Å²) < 4.78 is 11.7. The quantitative estimate of drug-likeness (QED) is 0.558. The number of hydrogen-bond acceptors (Lipinski definition) is 6. The number of carbonyl (C=O) groups is 1. The zero-order valence-corrected chi connectivity index (χ0v) is 21.8. The predicted molar refractivity (Wildman–Crippen MR) is 140 cm³/mol. The van der Waals surface area contributed by atoms with E-state index < -0.39 is 0 Å². The number of amides is 1. The summed E-state index contributed by atoms with van der Waals surface area (Å²) in [4.78, 5) is 20.8. The Morgan fingerprint density at radius 3 is 2.69 bits per heavy atom. The number of hydrogen-bond donors (Lipinski definition) is 0. The second-order valence-electron chi connectivity index (χ2n) is 10.0. The number of nitrogens with zero attached hydrogens (tertiary/aromatic N) is 4. The lowest BCUT2D eigenvalue weighted by atomic mass is 9.97. The molecule has 0 N–H and O–H groups in total. The molecule has 0 spiro atoms. The van der Waals surface area contributed by atoms with Gasteiger partial charge in [-0.05, 0) is 74.5 Å². The highest BCUT2D eigenvalue weighted by atomic mass is 16.5. The third-order valence-corrected chi connectivity index (χ3v) is 6.73. The summed E-state index contributed by atoms with van der Waals surface area (Å²) in [5.41, 5.74) is 5.21. The molecular formula is C29H36N4O3. The Kier molecular flexibility index (Phi) is 8.27. The summed E-state index contributed by atoms with van der Waals surface area (Å²) in [7, 11) is 3.62. The molecule has 0 fully saturated rings. The van der Waals surface area contributed by atoms with E-state index in [0.717, 1.165) is 50.0 Å². The smallest absolute Gasteiger partial charge is 0.222 e. The molecule has 0 saturated carbocycles. The maximum atomic E-state index is 11.9. The van der Waals surface area contributed by atoms with Gasteiger partial charge in [0.05, 0.1) is 11.7 Å². The molecule has 2 aliphatic rings. The van der Waals surface area contributed by atoms with E-state index in [1.807, 2.05) is 40.1 Å². The Bertz CT molecular complexity index is 1170. The molecule has 1 unspecified atom stereocenters. The van der Waals surface area contributed by atoms with Gasteiger partial charge in [0.25, 0.3) is 0 Å². The first-order valence-corrected chi connectivity index (χ1v) is 12.8. The highest BCUT2D eigenvalue weighted by Crippen LogP contribution is 2.29. The van der Waals surface area contributed by atoms with E-state index in [1.54, 1.807) is 11.0 Å². The van der Waals surface area contributed by atoms with E-state index in [2.05, 4.69) is 29.2 Å². The molecular weight excluding hydrogens is 452 g/mol. The SMILES string of the molecule is CC(C)Oc1ccc(C2=NC(c3ccc4c(c3)CCN(CCCC(=O)N(C)C)CC4)CO2)cc1C#N. The Balaban J connectivity index is 1.41. The van der Waals surface area contributed by atoms with Gasteiger partial charge in [0.15, 0.2) is 0 Å². The maximum absolute atomic E-state index is 11.9. The fraction of sp³-hybridized carbons (Fsp3) is 0.483. The summed E-state index contributed by atoms with van der Waals surface area (Å²) >= 11 is 0. The molecule has 0 radical (unpaired) electrons. The van der Waals surface area contributed by atoms with Crippen molar-refractivity contribution in [2.24, 2.45) is 4.99 Å². The first kappa shape index (κ1) is 25.7. The van der Waals surface area contributed by atoms with E-state index in [-0.39, 0.29) is 18.1 Å². The first-order chi connectivity index (χ1) is 17.3. The summed E-state index contributed by atoms with van der Waals surface area (Å²) in [6.07, 6.45) is 3.52. The molecule has 0 aliphatic carbocycles. The van der Waals surface area contributed by atoms with Crippen molar-refractivity contribution in [1.82, 2.24) is 9.80 Å². The van der Waals surface area contributed by atoms with E-state index >= 15 is 0 Å². The lowest BCUT2D eigenvalue weighted by Crippen LogP contribution is -2.29. The Labute approximate surface area is 214 Å². The van der Waals surface area contributed by atoms with Crippen molar-refractivity contribution in [2.45, 2.75) is 51.7 Å². The number of carbonyl (C=O) groups excluding carboxylic acids is 1. The lowest BCUT2D eigenvalue weighted by Gasteiger charge is -2.19. The molecule has 2 heterocycles. The van der Waals surface area contributed by atoms with Crippen molar-refractivity contribution >= 4 is 11.8 Å². The molecule has 0 aromatic heterocycles. The minimum Gasteiger partial charge on any atom is -0.490 e. The molecule has 0 bridgehead atoms. The van der Waals surface area contributed by atoms with Gasteiger partial charge in [-0.3, -0.25) is 4.79 Å². The third-order valence-electron chi connectivity index (χ3n) is 6.73. The van der Waals surface area contributed by atoms with Crippen LogP contribution in [0.15, 0.2) is 41.4 Å². The van der Waals surface area contributed by atoms with Crippen LogP contribution in [-0.4, -0.2) is 68.0 Å². The molecule has 2 aliphatic heterocycles. The van der Waals surface area contributed by atoms with Gasteiger partial charge in [-0.2, -0.15) is 5.26 Å². The van der Waals surface area contributed by atoms with Crippen LogP contribution in [0.4, 0.5) is 0 Å². The van der Waals surface area contributed by atoms with Crippen LogP contribution in [0.25, 0.3) is 0 Å². The fourth-order valence-electron chi connectivity index (χ4n) is 4.71. The predicted octanol–water partition coefficient (Wildman–Crippen LogP) is 4.13. The van der Waals surface area contributed by atoms with Gasteiger partial charge in [-0.1, -0.05) is 18.2 Å². The minimum atomic E-state index is -0.0566. The molecule has 1 amide bonds. The average molecular weight is 489 g/mol. The van der Waals surface area contributed by atoms with Crippen molar-refractivity contribution in [2.75, 3.05) is 40.3 Å². The third kappa shape index (κ3) is 6.24. The van der Waals surface area contributed by atoms with Crippen molar-refractivity contribution in [1.29, 1.82) is 5.26 Å². The van der Waals surface area contributed by atoms with Crippen molar-refractivity contribution in [3.05, 3.63) is 64.2 Å². The lowest BCUT2D eigenvalue weighted by molar-refractivity contribution is -0.128. The highest BCUT2D eigenvalue weighted by molar-refractivity contribution is 5.95. The minimum absolute atomic E-state index is 0.0000311. The van der Waals surface area contributed by atoms with Gasteiger partial charge in [0.1, 0.15) is 24.5 Å². The van der Waals surface area contributed by atoms with Gasteiger partial charge < -0.3 is 19.3 Å². The van der Waals surface area contributed by atoms with Gasteiger partial charge in [-0.25, -0.2) is 4.99 Å². The second-order valence-corrected chi connectivity index (χ2v) is 10.0. The van der Waals surface area contributed by atoms with Crippen LogP contribution < -0.4 is 4.74 Å². The van der Waals surface area contributed by atoms with Crippen LogP contribution in [-0.2, 0) is 22.4 Å². The first-order valence-electron chi connectivity index (χ1n) is 12.8. The molecule has 2 aromatic rings. The molecule has 7 nitrogen and oxygen atoms in total. The van der Waals surface area contributed by atoms with Gasteiger partial charge in [-0.15, -0.1) is 0 Å². The van der Waals surface area contributed by atoms with E-state index in [9.17, 15) is 10.1 Å². The van der Waals surface area contributed by atoms with Crippen LogP contribution in [0.2, 0.25) is 0 Å². The monoisotopic (exact) mass is 488 g/mol. The summed E-state index contributed by atoms with van der Waals surface area (Å²) in [5, 5.41) is 9.55. The standard InChI is InChI=1S/C29H36N4O3/c1-20(2)36-27-10-9-24(17-25(27)18-30)29-31-26(19-35-29)23-8-7-21-11-14-33(15-12-22(21)16-23)13-5-6-28(34)32(3)4/h7-10,16-17,20,26H,5-6,11-15,19H2,1-4H3. The van der Waals surface area contributed by atoms with E-state index in [0.29, 0.717) is 30.2 Å². The van der Waals surface area contributed by atoms with Crippen LogP contribution >= 0.6 is 0 Å². The Hall–Kier alpha value is -3.37.